The molecule has 8 heteroatoms. The Morgan fingerprint density at radius 3 is 2.74 bits per heavy atom. The Hall–Kier alpha value is -3.70. The molecule has 0 fully saturated rings. The molecule has 4 aromatic rings. The minimum Gasteiger partial charge on any atom is -0.265 e. The summed E-state index contributed by atoms with van der Waals surface area (Å²) in [6.07, 6.45) is 7.75. The molecule has 130 valence electrons. The van der Waals surface area contributed by atoms with Crippen LogP contribution < -0.4 is 0 Å². The number of rotatable bonds is 4. The summed E-state index contributed by atoms with van der Waals surface area (Å²) in [5, 5.41) is 15.9. The predicted octanol–water partition coefficient (Wildman–Crippen LogP) is 3.99. The molecule has 0 radical (unpaired) electrons. The average molecular weight is 374 g/mol. The van der Waals surface area contributed by atoms with Gasteiger partial charge in [0.25, 0.3) is 0 Å². The maximum Gasteiger partial charge on any atom is 0.149 e. The second kappa shape index (κ2) is 7.27. The molecular weight excluding hydrogens is 363 g/mol. The Kier molecular flexibility index (Phi) is 4.51. The molecule has 0 aliphatic carbocycles. The third-order valence-corrected chi connectivity index (χ3v) is 4.66. The molecular formula is C19H11FN6S. The van der Waals surface area contributed by atoms with Crippen LogP contribution in [0.3, 0.4) is 0 Å². The summed E-state index contributed by atoms with van der Waals surface area (Å²) in [5.41, 5.74) is 2.92. The van der Waals surface area contributed by atoms with Gasteiger partial charge in [0, 0.05) is 23.3 Å². The third-order valence-electron chi connectivity index (χ3n) is 3.78. The number of hydrogen-bond acceptors (Lipinski definition) is 6. The number of aromatic nitrogens is 5. The van der Waals surface area contributed by atoms with Gasteiger partial charge in [-0.3, -0.25) is 4.98 Å². The number of hydrogen-bond donors (Lipinski definition) is 0. The Bertz CT molecular complexity index is 1140. The van der Waals surface area contributed by atoms with Crippen molar-refractivity contribution in [2.24, 2.45) is 0 Å². The van der Waals surface area contributed by atoms with Gasteiger partial charge in [0.1, 0.15) is 35.2 Å². The van der Waals surface area contributed by atoms with Crippen LogP contribution in [0.2, 0.25) is 0 Å². The van der Waals surface area contributed by atoms with E-state index in [1.807, 2.05) is 17.5 Å². The van der Waals surface area contributed by atoms with Crippen molar-refractivity contribution in [1.29, 1.82) is 5.26 Å². The maximum absolute atomic E-state index is 14.4. The molecule has 3 heterocycles. The highest BCUT2D eigenvalue weighted by atomic mass is 32.1. The quantitative estimate of drug-likeness (QED) is 0.505. The van der Waals surface area contributed by atoms with Crippen LogP contribution in [0, 0.1) is 17.1 Å². The number of benzene rings is 1. The van der Waals surface area contributed by atoms with Crippen molar-refractivity contribution in [3.8, 4) is 23.0 Å². The van der Waals surface area contributed by atoms with Crippen LogP contribution in [0.4, 0.5) is 4.39 Å². The Labute approximate surface area is 157 Å². The summed E-state index contributed by atoms with van der Waals surface area (Å²) in [6, 6.07) is 10.5. The number of allylic oxidation sites excluding steroid dienone is 1. The van der Waals surface area contributed by atoms with Crippen molar-refractivity contribution in [2.45, 2.75) is 0 Å². The maximum atomic E-state index is 14.4. The van der Waals surface area contributed by atoms with Crippen LogP contribution in [0.15, 0.2) is 60.8 Å². The fraction of sp³-hybridized carbons (Fsp3) is 0. The lowest BCUT2D eigenvalue weighted by Crippen LogP contribution is -1.98. The van der Waals surface area contributed by atoms with Crippen LogP contribution in [-0.2, 0) is 0 Å². The molecule has 0 N–H and O–H groups in total. The summed E-state index contributed by atoms with van der Waals surface area (Å²) in [5.74, 6) is -0.455. The van der Waals surface area contributed by atoms with E-state index in [9.17, 15) is 9.65 Å². The molecule has 4 rings (SSSR count). The van der Waals surface area contributed by atoms with E-state index in [-0.39, 0.29) is 5.69 Å². The van der Waals surface area contributed by atoms with Crippen LogP contribution in [0.5, 0.6) is 0 Å². The molecule has 0 atom stereocenters. The van der Waals surface area contributed by atoms with Gasteiger partial charge in [-0.1, -0.05) is 6.07 Å². The van der Waals surface area contributed by atoms with Gasteiger partial charge in [0.2, 0.25) is 0 Å². The number of nitriles is 1. The van der Waals surface area contributed by atoms with Crippen LogP contribution in [-0.4, -0.2) is 24.7 Å². The van der Waals surface area contributed by atoms with E-state index >= 15 is 0 Å². The second-order valence-corrected chi connectivity index (χ2v) is 6.35. The van der Waals surface area contributed by atoms with Crippen molar-refractivity contribution >= 4 is 23.0 Å². The Morgan fingerprint density at radius 2 is 2.04 bits per heavy atom. The molecule has 0 saturated heterocycles. The minimum atomic E-state index is -0.455. The molecule has 1 aromatic carbocycles. The molecule has 0 aliphatic heterocycles. The topological polar surface area (TPSA) is 80.3 Å². The molecule has 0 unspecified atom stereocenters. The highest BCUT2D eigenvalue weighted by molar-refractivity contribution is 7.11. The number of halogens is 1. The highest BCUT2D eigenvalue weighted by Crippen LogP contribution is 2.27. The predicted molar refractivity (Wildman–Crippen MR) is 100 cm³/mol. The van der Waals surface area contributed by atoms with Crippen LogP contribution in [0.1, 0.15) is 10.6 Å². The SMILES string of the molecule is N#C/C(=C/c1ccc(-n2cncn2)c(F)c1)c1nc(-c2ccncc2)cs1. The largest absolute Gasteiger partial charge is 0.265 e. The van der Waals surface area contributed by atoms with E-state index in [0.29, 0.717) is 16.1 Å². The number of nitrogens with zero attached hydrogens (tertiary/aromatic N) is 6. The molecule has 0 spiro atoms. The first-order valence-corrected chi connectivity index (χ1v) is 8.75. The number of thiazole rings is 1. The minimum absolute atomic E-state index is 0.289. The smallest absolute Gasteiger partial charge is 0.149 e. The summed E-state index contributed by atoms with van der Waals surface area (Å²) in [7, 11) is 0. The fourth-order valence-corrected chi connectivity index (χ4v) is 3.29. The highest BCUT2D eigenvalue weighted by Gasteiger charge is 2.11. The molecule has 0 aliphatic rings. The zero-order chi connectivity index (χ0) is 18.6. The van der Waals surface area contributed by atoms with Gasteiger partial charge in [-0.05, 0) is 35.9 Å². The van der Waals surface area contributed by atoms with Gasteiger partial charge in [0.15, 0.2) is 0 Å². The van der Waals surface area contributed by atoms with Gasteiger partial charge < -0.3 is 0 Å². The molecule has 3 aromatic heterocycles. The summed E-state index contributed by atoms with van der Waals surface area (Å²) >= 11 is 1.36. The van der Waals surface area contributed by atoms with Gasteiger partial charge >= 0.3 is 0 Å². The molecule has 27 heavy (non-hydrogen) atoms. The first-order valence-electron chi connectivity index (χ1n) is 7.87. The van der Waals surface area contributed by atoms with Crippen molar-refractivity contribution in [1.82, 2.24) is 24.7 Å². The Morgan fingerprint density at radius 1 is 1.19 bits per heavy atom. The Balaban J connectivity index is 1.65. The van der Waals surface area contributed by atoms with Crippen molar-refractivity contribution in [3.63, 3.8) is 0 Å². The third kappa shape index (κ3) is 3.49. The van der Waals surface area contributed by atoms with E-state index < -0.39 is 5.82 Å². The summed E-state index contributed by atoms with van der Waals surface area (Å²) in [6.45, 7) is 0. The standard InChI is InChI=1S/C19H11FN6S/c20-16-8-13(1-2-18(16)26-12-23-11-24-26)7-15(9-21)19-25-17(10-27-19)14-3-5-22-6-4-14/h1-8,10-12H/b15-7-. The first-order chi connectivity index (χ1) is 13.2. The second-order valence-electron chi connectivity index (χ2n) is 5.49. The zero-order valence-corrected chi connectivity index (χ0v) is 14.6. The van der Waals surface area contributed by atoms with E-state index in [1.54, 1.807) is 30.6 Å². The molecule has 0 amide bonds. The summed E-state index contributed by atoms with van der Waals surface area (Å²) in [4.78, 5) is 12.3. The number of pyridine rings is 1. The van der Waals surface area contributed by atoms with Gasteiger partial charge in [-0.25, -0.2) is 19.0 Å². The lowest BCUT2D eigenvalue weighted by molar-refractivity contribution is 0.610. The monoisotopic (exact) mass is 374 g/mol. The van der Waals surface area contributed by atoms with E-state index in [4.69, 9.17) is 0 Å². The van der Waals surface area contributed by atoms with E-state index in [2.05, 4.69) is 26.1 Å². The molecule has 6 nitrogen and oxygen atoms in total. The normalized spacial score (nSPS) is 11.3. The summed E-state index contributed by atoms with van der Waals surface area (Å²) < 4.78 is 15.7. The van der Waals surface area contributed by atoms with Gasteiger partial charge in [-0.2, -0.15) is 10.4 Å². The van der Waals surface area contributed by atoms with E-state index in [1.165, 1.54) is 34.7 Å². The molecule has 0 bridgehead atoms. The fourth-order valence-electron chi connectivity index (χ4n) is 2.49. The van der Waals surface area contributed by atoms with Gasteiger partial charge in [-0.15, -0.1) is 11.3 Å². The van der Waals surface area contributed by atoms with Crippen molar-refractivity contribution in [2.75, 3.05) is 0 Å². The zero-order valence-electron chi connectivity index (χ0n) is 13.8. The first kappa shape index (κ1) is 16.8. The van der Waals surface area contributed by atoms with Crippen LogP contribution in [0.25, 0.3) is 28.6 Å². The van der Waals surface area contributed by atoms with E-state index in [0.717, 1.165) is 11.3 Å². The van der Waals surface area contributed by atoms with Crippen molar-refractivity contribution in [3.05, 3.63) is 77.1 Å². The van der Waals surface area contributed by atoms with Crippen molar-refractivity contribution < 1.29 is 4.39 Å². The van der Waals surface area contributed by atoms with Gasteiger partial charge in [0.05, 0.1) is 11.3 Å². The molecule has 0 saturated carbocycles. The average Bonchev–Trinajstić information content (AvgIpc) is 3.39. The lowest BCUT2D eigenvalue weighted by atomic mass is 10.1. The van der Waals surface area contributed by atoms with Crippen LogP contribution >= 0.6 is 11.3 Å². The lowest BCUT2D eigenvalue weighted by Gasteiger charge is -2.03.